The van der Waals surface area contributed by atoms with Crippen LogP contribution in [-0.4, -0.2) is 40.4 Å². The highest BCUT2D eigenvalue weighted by atomic mass is 16.5. The molecule has 0 radical (unpaired) electrons. The zero-order chi connectivity index (χ0) is 15.6. The van der Waals surface area contributed by atoms with Gasteiger partial charge in [-0.3, -0.25) is 19.6 Å². The van der Waals surface area contributed by atoms with Gasteiger partial charge in [-0.25, -0.2) is 5.48 Å². The molecule has 0 aromatic heterocycles. The molecule has 1 aromatic rings. The number of nitrogens with one attached hydrogen (secondary N) is 2. The molecule has 7 heteroatoms. The predicted molar refractivity (Wildman–Crippen MR) is 68.7 cm³/mol. The molecule has 1 heterocycles. The average Bonchev–Trinajstić information content (AvgIpc) is 2.48. The number of carbonyl (C=O) groups excluding carboxylic acids is 3. The van der Waals surface area contributed by atoms with Gasteiger partial charge in [0, 0.05) is 12.1 Å². The van der Waals surface area contributed by atoms with Crippen molar-refractivity contribution >= 4 is 17.7 Å². The monoisotopic (exact) mass is 278 g/mol. The minimum absolute atomic E-state index is 0.0906. The molecule has 3 amide bonds. The van der Waals surface area contributed by atoms with Crippen LogP contribution in [0.4, 0.5) is 0 Å². The fourth-order valence-electron chi connectivity index (χ4n) is 1.90. The Bertz CT molecular complexity index is 586. The standard InChI is InChI=1S/C13H15N3O4/c1-8-12(18)14-6-11(17)16(8)7-9-2-4-10(5-3-9)13(19)15-20/h2-5,8,20H,6-7H2,1H3,(H,14,18)(H,15,19)/i8D. The van der Waals surface area contributed by atoms with Crippen molar-refractivity contribution in [3.8, 4) is 0 Å². The Balaban J connectivity index is 2.18. The van der Waals surface area contributed by atoms with Crippen LogP contribution in [-0.2, 0) is 16.1 Å². The molecule has 0 aliphatic carbocycles. The van der Waals surface area contributed by atoms with E-state index in [1.165, 1.54) is 29.4 Å². The van der Waals surface area contributed by atoms with Crippen LogP contribution in [0.1, 0.15) is 24.2 Å². The van der Waals surface area contributed by atoms with E-state index >= 15 is 0 Å². The molecular weight excluding hydrogens is 262 g/mol. The lowest BCUT2D eigenvalue weighted by atomic mass is 10.1. The van der Waals surface area contributed by atoms with E-state index in [0.29, 0.717) is 5.56 Å². The number of amides is 3. The third-order valence-corrected chi connectivity index (χ3v) is 3.09. The van der Waals surface area contributed by atoms with Crippen LogP contribution in [0.5, 0.6) is 0 Å². The summed E-state index contributed by atoms with van der Waals surface area (Å²) in [5.74, 6) is -1.51. The van der Waals surface area contributed by atoms with Crippen molar-refractivity contribution in [2.24, 2.45) is 0 Å². The van der Waals surface area contributed by atoms with Crippen LogP contribution in [0.25, 0.3) is 0 Å². The SMILES string of the molecule is [2H]C1(C)C(=O)NCC(=O)N1Cc1ccc(C(=O)NO)cc1. The molecule has 0 spiro atoms. The van der Waals surface area contributed by atoms with Crippen LogP contribution in [0.3, 0.4) is 0 Å². The first-order chi connectivity index (χ1) is 9.86. The topological polar surface area (TPSA) is 98.7 Å². The molecular formula is C13H15N3O4. The van der Waals surface area contributed by atoms with E-state index < -0.39 is 17.8 Å². The number of benzene rings is 1. The predicted octanol–water partition coefficient (Wildman–Crippen LogP) is -0.347. The van der Waals surface area contributed by atoms with Crippen molar-refractivity contribution in [3.63, 3.8) is 0 Å². The fraction of sp³-hybridized carbons (Fsp3) is 0.308. The third kappa shape index (κ3) is 2.77. The summed E-state index contributed by atoms with van der Waals surface area (Å²) in [6.45, 7) is 1.32. The summed E-state index contributed by atoms with van der Waals surface area (Å²) in [5, 5.41) is 10.9. The maximum absolute atomic E-state index is 11.9. The van der Waals surface area contributed by atoms with Crippen molar-refractivity contribution in [3.05, 3.63) is 35.4 Å². The highest BCUT2D eigenvalue weighted by molar-refractivity contribution is 5.94. The number of nitrogens with zero attached hydrogens (tertiary/aromatic N) is 1. The lowest BCUT2D eigenvalue weighted by Crippen LogP contribution is -2.56. The first kappa shape index (κ1) is 12.6. The number of rotatable bonds is 3. The second-order valence-electron chi connectivity index (χ2n) is 4.39. The summed E-state index contributed by atoms with van der Waals surface area (Å²) in [6.07, 6.45) is 0. The van der Waals surface area contributed by atoms with Gasteiger partial charge in [-0.05, 0) is 24.6 Å². The van der Waals surface area contributed by atoms with E-state index in [-0.39, 0.29) is 24.6 Å². The van der Waals surface area contributed by atoms with E-state index in [4.69, 9.17) is 6.58 Å². The van der Waals surface area contributed by atoms with Gasteiger partial charge in [0.2, 0.25) is 11.8 Å². The lowest BCUT2D eigenvalue weighted by molar-refractivity contribution is -0.145. The number of hydroxylamine groups is 1. The van der Waals surface area contributed by atoms with Crippen molar-refractivity contribution in [2.75, 3.05) is 6.54 Å². The van der Waals surface area contributed by atoms with Crippen molar-refractivity contribution in [2.45, 2.75) is 19.5 Å². The Labute approximate surface area is 116 Å². The Morgan fingerprint density at radius 2 is 2.15 bits per heavy atom. The number of carbonyl (C=O) groups is 3. The molecule has 2 rings (SSSR count). The molecule has 106 valence electrons. The molecule has 20 heavy (non-hydrogen) atoms. The molecule has 1 fully saturated rings. The molecule has 7 nitrogen and oxygen atoms in total. The summed E-state index contributed by atoms with van der Waals surface area (Å²) in [5.41, 5.74) is 2.46. The maximum Gasteiger partial charge on any atom is 0.274 e. The van der Waals surface area contributed by atoms with E-state index in [1.807, 2.05) is 0 Å². The summed E-state index contributed by atoms with van der Waals surface area (Å²) in [6, 6.07) is 4.49. The van der Waals surface area contributed by atoms with E-state index in [0.717, 1.165) is 0 Å². The van der Waals surface area contributed by atoms with Crippen molar-refractivity contribution < 1.29 is 21.0 Å². The summed E-state index contributed by atoms with van der Waals surface area (Å²) >= 11 is 0. The number of piperazine rings is 1. The first-order valence-electron chi connectivity index (χ1n) is 6.48. The minimum atomic E-state index is -1.67. The van der Waals surface area contributed by atoms with Gasteiger partial charge in [0.15, 0.2) is 0 Å². The molecule has 3 N–H and O–H groups in total. The Kier molecular flexibility index (Phi) is 3.60. The fourth-order valence-corrected chi connectivity index (χ4v) is 1.90. The zero-order valence-corrected chi connectivity index (χ0v) is 10.8. The average molecular weight is 278 g/mol. The van der Waals surface area contributed by atoms with Gasteiger partial charge < -0.3 is 10.2 Å². The molecule has 0 bridgehead atoms. The number of hydrogen-bond acceptors (Lipinski definition) is 4. The molecule has 0 saturated carbocycles. The van der Waals surface area contributed by atoms with E-state index in [9.17, 15) is 14.4 Å². The highest BCUT2D eigenvalue weighted by Gasteiger charge is 2.30. The van der Waals surface area contributed by atoms with Crippen LogP contribution in [0.2, 0.25) is 0 Å². The maximum atomic E-state index is 11.9. The lowest BCUT2D eigenvalue weighted by Gasteiger charge is -2.32. The largest absolute Gasteiger partial charge is 0.345 e. The summed E-state index contributed by atoms with van der Waals surface area (Å²) in [7, 11) is 0. The molecule has 1 aliphatic heterocycles. The van der Waals surface area contributed by atoms with Crippen molar-refractivity contribution in [1.82, 2.24) is 15.7 Å². The highest BCUT2D eigenvalue weighted by Crippen LogP contribution is 2.12. The van der Waals surface area contributed by atoms with Gasteiger partial charge in [0.05, 0.1) is 7.92 Å². The minimum Gasteiger partial charge on any atom is -0.345 e. The quantitative estimate of drug-likeness (QED) is 0.520. The zero-order valence-electron chi connectivity index (χ0n) is 11.8. The van der Waals surface area contributed by atoms with Crippen LogP contribution in [0.15, 0.2) is 24.3 Å². The molecule has 1 atom stereocenters. The first-order valence-corrected chi connectivity index (χ1v) is 5.98. The van der Waals surface area contributed by atoms with Gasteiger partial charge in [-0.1, -0.05) is 12.1 Å². The smallest absolute Gasteiger partial charge is 0.274 e. The summed E-state index contributed by atoms with van der Waals surface area (Å²) < 4.78 is 8.01. The molecule has 1 unspecified atom stereocenters. The normalized spacial score (nSPS) is 23.1. The van der Waals surface area contributed by atoms with Gasteiger partial charge in [0.25, 0.3) is 5.91 Å². The van der Waals surface area contributed by atoms with Crippen LogP contribution < -0.4 is 10.8 Å². The van der Waals surface area contributed by atoms with Gasteiger partial charge in [-0.2, -0.15) is 0 Å². The van der Waals surface area contributed by atoms with Gasteiger partial charge >= 0.3 is 0 Å². The number of hydrogen-bond donors (Lipinski definition) is 3. The Morgan fingerprint density at radius 1 is 1.50 bits per heavy atom. The molecule has 1 aromatic carbocycles. The van der Waals surface area contributed by atoms with E-state index in [1.54, 1.807) is 12.1 Å². The van der Waals surface area contributed by atoms with Crippen LogP contribution in [0, 0.1) is 0 Å². The second kappa shape index (κ2) is 5.70. The van der Waals surface area contributed by atoms with Crippen molar-refractivity contribution in [1.29, 1.82) is 0 Å². The third-order valence-electron chi connectivity index (χ3n) is 3.09. The van der Waals surface area contributed by atoms with Gasteiger partial charge in [-0.15, -0.1) is 0 Å². The van der Waals surface area contributed by atoms with Crippen LogP contribution >= 0.6 is 0 Å². The van der Waals surface area contributed by atoms with Gasteiger partial charge in [0.1, 0.15) is 6.02 Å². The Morgan fingerprint density at radius 3 is 2.75 bits per heavy atom. The van der Waals surface area contributed by atoms with E-state index in [2.05, 4.69) is 5.32 Å². The Hall–Kier alpha value is -2.41. The summed E-state index contributed by atoms with van der Waals surface area (Å²) in [4.78, 5) is 35.9. The second-order valence-corrected chi connectivity index (χ2v) is 4.39. The molecule has 1 saturated heterocycles. The molecule has 1 aliphatic rings.